The van der Waals surface area contributed by atoms with E-state index >= 15 is 0 Å². The second kappa shape index (κ2) is 10.4. The topological polar surface area (TPSA) is 70.7 Å². The Balaban J connectivity index is 1.76. The molecule has 28 heavy (non-hydrogen) atoms. The van der Waals surface area contributed by atoms with E-state index in [1.54, 1.807) is 62.4 Å². The molecule has 0 aliphatic rings. The molecule has 0 spiro atoms. The minimum atomic E-state index is -0.468. The van der Waals surface area contributed by atoms with Gasteiger partial charge in [0.1, 0.15) is 11.6 Å². The number of rotatable bonds is 9. The minimum absolute atomic E-state index is 0.0732. The molecule has 0 radical (unpaired) electrons. The molecule has 0 heterocycles. The van der Waals surface area contributed by atoms with Gasteiger partial charge in [0, 0.05) is 18.3 Å². The van der Waals surface area contributed by atoms with Gasteiger partial charge in [0.05, 0.1) is 19.7 Å². The van der Waals surface area contributed by atoms with Crippen LogP contribution in [-0.2, 0) is 16.0 Å². The van der Waals surface area contributed by atoms with Crippen LogP contribution in [0.5, 0.6) is 5.75 Å². The molecule has 0 unspecified atom stereocenters. The van der Waals surface area contributed by atoms with Crippen LogP contribution in [-0.4, -0.2) is 50.0 Å². The number of amides is 2. The average Bonchev–Trinajstić information content (AvgIpc) is 2.68. The highest BCUT2D eigenvalue weighted by molar-refractivity contribution is 5.93. The van der Waals surface area contributed by atoms with Crippen molar-refractivity contribution < 1.29 is 18.7 Å². The molecule has 0 aromatic heterocycles. The van der Waals surface area contributed by atoms with E-state index in [1.807, 2.05) is 0 Å². The van der Waals surface area contributed by atoms with Gasteiger partial charge in [-0.2, -0.15) is 0 Å². The predicted molar refractivity (Wildman–Crippen MR) is 107 cm³/mol. The summed E-state index contributed by atoms with van der Waals surface area (Å²) in [6.45, 7) is 2.26. The second-order valence-corrected chi connectivity index (χ2v) is 6.54. The third kappa shape index (κ3) is 6.66. The fourth-order valence-electron chi connectivity index (χ4n) is 2.59. The van der Waals surface area contributed by atoms with Gasteiger partial charge < -0.3 is 15.4 Å². The first kappa shape index (κ1) is 21.4. The van der Waals surface area contributed by atoms with Crippen molar-refractivity contribution in [2.24, 2.45) is 0 Å². The molecule has 2 N–H and O–H groups in total. The number of ether oxygens (including phenoxy) is 1. The molecule has 0 bridgehead atoms. The molecule has 1 atom stereocenters. The Morgan fingerprint density at radius 1 is 1.18 bits per heavy atom. The number of anilines is 1. The third-order valence-corrected chi connectivity index (χ3v) is 4.41. The van der Waals surface area contributed by atoms with Crippen LogP contribution in [0.3, 0.4) is 0 Å². The highest BCUT2D eigenvalue weighted by Crippen LogP contribution is 2.16. The Labute approximate surface area is 164 Å². The normalized spacial score (nSPS) is 11.8. The Kier molecular flexibility index (Phi) is 7.95. The van der Waals surface area contributed by atoms with Crippen LogP contribution < -0.4 is 15.4 Å². The number of carbonyl (C=O) groups excluding carboxylic acids is 2. The Morgan fingerprint density at radius 2 is 1.89 bits per heavy atom. The van der Waals surface area contributed by atoms with Gasteiger partial charge >= 0.3 is 0 Å². The van der Waals surface area contributed by atoms with Crippen LogP contribution >= 0.6 is 0 Å². The second-order valence-electron chi connectivity index (χ2n) is 6.54. The van der Waals surface area contributed by atoms with Crippen LogP contribution in [0, 0.1) is 5.82 Å². The monoisotopic (exact) mass is 387 g/mol. The molecule has 2 aromatic rings. The van der Waals surface area contributed by atoms with Crippen molar-refractivity contribution in [1.29, 1.82) is 0 Å². The Hall–Kier alpha value is -2.93. The Morgan fingerprint density at radius 3 is 2.57 bits per heavy atom. The van der Waals surface area contributed by atoms with Crippen molar-refractivity contribution in [3.63, 3.8) is 0 Å². The van der Waals surface area contributed by atoms with Crippen molar-refractivity contribution in [2.45, 2.75) is 19.4 Å². The summed E-state index contributed by atoms with van der Waals surface area (Å²) in [4.78, 5) is 26.2. The number of nitrogens with one attached hydrogen (secondary N) is 2. The van der Waals surface area contributed by atoms with E-state index in [4.69, 9.17) is 4.74 Å². The molecular formula is C21H26FN3O3. The smallest absolute Gasteiger partial charge is 0.238 e. The lowest BCUT2D eigenvalue weighted by molar-refractivity contribution is -0.126. The summed E-state index contributed by atoms with van der Waals surface area (Å²) in [5.41, 5.74) is 1.58. The average molecular weight is 387 g/mol. The van der Waals surface area contributed by atoms with E-state index in [-0.39, 0.29) is 24.2 Å². The maximum Gasteiger partial charge on any atom is 0.238 e. The summed E-state index contributed by atoms with van der Waals surface area (Å²) in [5, 5.41) is 5.63. The number of halogens is 1. The number of nitrogens with zero attached hydrogens (tertiary/aromatic N) is 1. The summed E-state index contributed by atoms with van der Waals surface area (Å²) in [6.07, 6.45) is 0.610. The zero-order valence-corrected chi connectivity index (χ0v) is 16.4. The molecule has 0 aliphatic carbocycles. The summed E-state index contributed by atoms with van der Waals surface area (Å²) in [6, 6.07) is 12.8. The predicted octanol–water partition coefficient (Wildman–Crippen LogP) is 2.45. The summed E-state index contributed by atoms with van der Waals surface area (Å²) in [5.74, 6) is -0.0178. The van der Waals surface area contributed by atoms with Gasteiger partial charge in [0.25, 0.3) is 0 Å². The Bertz CT molecular complexity index is 796. The van der Waals surface area contributed by atoms with Gasteiger partial charge in [-0.3, -0.25) is 14.5 Å². The molecule has 0 saturated heterocycles. The molecule has 0 aliphatic heterocycles. The van der Waals surface area contributed by atoms with E-state index < -0.39 is 6.04 Å². The fraction of sp³-hybridized carbons (Fsp3) is 0.333. The standard InChI is InChI=1S/C21H26FN3O3/c1-15(21(27)23-12-11-16-7-9-17(22)10-8-16)25(2)14-20(26)24-18-5-4-6-19(13-18)28-3/h4-10,13,15H,11-12,14H2,1-3H3,(H,23,27)(H,24,26)/t15-/m0/s1. The van der Waals surface area contributed by atoms with Gasteiger partial charge in [-0.1, -0.05) is 18.2 Å². The van der Waals surface area contributed by atoms with Crippen LogP contribution in [0.25, 0.3) is 0 Å². The number of likely N-dealkylation sites (N-methyl/N-ethyl adjacent to an activating group) is 1. The van der Waals surface area contributed by atoms with E-state index in [1.165, 1.54) is 12.1 Å². The maximum absolute atomic E-state index is 12.9. The van der Waals surface area contributed by atoms with Crippen molar-refractivity contribution in [1.82, 2.24) is 10.2 Å². The number of carbonyl (C=O) groups is 2. The lowest BCUT2D eigenvalue weighted by Gasteiger charge is -2.23. The van der Waals surface area contributed by atoms with E-state index in [2.05, 4.69) is 10.6 Å². The molecular weight excluding hydrogens is 361 g/mol. The van der Waals surface area contributed by atoms with Crippen molar-refractivity contribution in [3.8, 4) is 5.75 Å². The quantitative estimate of drug-likeness (QED) is 0.693. The molecule has 0 saturated carbocycles. The van der Waals surface area contributed by atoms with Crippen LogP contribution in [0.4, 0.5) is 10.1 Å². The zero-order chi connectivity index (χ0) is 20.5. The van der Waals surface area contributed by atoms with Crippen molar-refractivity contribution in [2.75, 3.05) is 32.6 Å². The first-order valence-corrected chi connectivity index (χ1v) is 9.05. The molecule has 6 nitrogen and oxygen atoms in total. The SMILES string of the molecule is COc1cccc(NC(=O)CN(C)[C@@H](C)C(=O)NCCc2ccc(F)cc2)c1. The molecule has 2 rings (SSSR count). The number of hydrogen-bond donors (Lipinski definition) is 2. The van der Waals surface area contributed by atoms with Crippen LogP contribution in [0.1, 0.15) is 12.5 Å². The third-order valence-electron chi connectivity index (χ3n) is 4.41. The maximum atomic E-state index is 12.9. The summed E-state index contributed by atoms with van der Waals surface area (Å²) in [7, 11) is 3.28. The largest absolute Gasteiger partial charge is 0.497 e. The highest BCUT2D eigenvalue weighted by Gasteiger charge is 2.19. The van der Waals surface area contributed by atoms with E-state index in [9.17, 15) is 14.0 Å². The van der Waals surface area contributed by atoms with E-state index in [0.29, 0.717) is 24.4 Å². The van der Waals surface area contributed by atoms with Gasteiger partial charge in [-0.05, 0) is 50.2 Å². The van der Waals surface area contributed by atoms with Crippen molar-refractivity contribution in [3.05, 3.63) is 59.9 Å². The van der Waals surface area contributed by atoms with Gasteiger partial charge in [-0.25, -0.2) is 4.39 Å². The van der Waals surface area contributed by atoms with E-state index in [0.717, 1.165) is 5.56 Å². The highest BCUT2D eigenvalue weighted by atomic mass is 19.1. The van der Waals surface area contributed by atoms with Crippen LogP contribution in [0.15, 0.2) is 48.5 Å². The molecule has 0 fully saturated rings. The fourth-order valence-corrected chi connectivity index (χ4v) is 2.59. The number of hydrogen-bond acceptors (Lipinski definition) is 4. The number of methoxy groups -OCH3 is 1. The van der Waals surface area contributed by atoms with Crippen LogP contribution in [0.2, 0.25) is 0 Å². The summed E-state index contributed by atoms with van der Waals surface area (Å²) < 4.78 is 18.0. The lowest BCUT2D eigenvalue weighted by atomic mass is 10.1. The lowest BCUT2D eigenvalue weighted by Crippen LogP contribution is -2.46. The summed E-state index contributed by atoms with van der Waals surface area (Å²) >= 11 is 0. The molecule has 150 valence electrons. The molecule has 7 heteroatoms. The first-order chi connectivity index (χ1) is 13.4. The molecule has 2 aromatic carbocycles. The van der Waals surface area contributed by atoms with Crippen molar-refractivity contribution >= 4 is 17.5 Å². The van der Waals surface area contributed by atoms with Gasteiger partial charge in [-0.15, -0.1) is 0 Å². The number of benzene rings is 2. The van der Waals surface area contributed by atoms with Gasteiger partial charge in [0.15, 0.2) is 0 Å². The van der Waals surface area contributed by atoms with Gasteiger partial charge in [0.2, 0.25) is 11.8 Å². The zero-order valence-electron chi connectivity index (χ0n) is 16.4. The minimum Gasteiger partial charge on any atom is -0.497 e. The first-order valence-electron chi connectivity index (χ1n) is 9.05. The molecule has 2 amide bonds.